The molecule has 0 radical (unpaired) electrons. The number of fused-ring (bicyclic) bond motifs is 2. The Morgan fingerprint density at radius 3 is 2.65 bits per heavy atom. The molecule has 0 aromatic heterocycles. The number of hydrogen-bond acceptors (Lipinski definition) is 12. The molecule has 3 heterocycles. The Balaban J connectivity index is 1.09. The van der Waals surface area contributed by atoms with E-state index in [1.807, 2.05) is 0 Å². The SMILES string of the molecule is O=Nc1ccc(OC(=O)CCCCC2SCC3C2NC(=O)N3C(=O)OCc2cc3c(cc2[N+](=O)[O-])OCO3)cc1. The van der Waals surface area contributed by atoms with Crippen molar-refractivity contribution in [1.29, 1.82) is 0 Å². The second kappa shape index (κ2) is 11.8. The van der Waals surface area contributed by atoms with Gasteiger partial charge in [-0.15, -0.1) is 4.91 Å². The highest BCUT2D eigenvalue weighted by atomic mass is 32.2. The van der Waals surface area contributed by atoms with Crippen LogP contribution in [0.5, 0.6) is 17.2 Å². The summed E-state index contributed by atoms with van der Waals surface area (Å²) in [6.07, 6.45) is 1.31. The lowest BCUT2D eigenvalue weighted by Gasteiger charge is -2.19. The number of nitro groups is 1. The Labute approximate surface area is 231 Å². The van der Waals surface area contributed by atoms with Crippen LogP contribution >= 0.6 is 11.8 Å². The lowest BCUT2D eigenvalue weighted by Crippen LogP contribution is -2.41. The van der Waals surface area contributed by atoms with E-state index in [2.05, 4.69) is 10.5 Å². The van der Waals surface area contributed by atoms with Gasteiger partial charge in [0.15, 0.2) is 11.5 Å². The Morgan fingerprint density at radius 1 is 1.18 bits per heavy atom. The number of thioether (sulfide) groups is 1. The molecule has 0 saturated carbocycles. The highest BCUT2D eigenvalue weighted by Crippen LogP contribution is 2.39. The molecule has 5 rings (SSSR count). The van der Waals surface area contributed by atoms with Gasteiger partial charge in [-0.25, -0.2) is 14.5 Å². The number of benzene rings is 2. The fourth-order valence-electron chi connectivity index (χ4n) is 4.79. The quantitative estimate of drug-likeness (QED) is 0.0812. The van der Waals surface area contributed by atoms with Crippen LogP contribution in [-0.4, -0.2) is 57.8 Å². The Kier molecular flexibility index (Phi) is 8.00. The van der Waals surface area contributed by atoms with Gasteiger partial charge in [-0.2, -0.15) is 11.8 Å². The van der Waals surface area contributed by atoms with E-state index >= 15 is 0 Å². The fraction of sp³-hybridized carbons (Fsp3) is 0.400. The number of amides is 3. The Hall–Kier alpha value is -4.40. The second-order valence-electron chi connectivity index (χ2n) is 9.24. The van der Waals surface area contributed by atoms with Crippen molar-refractivity contribution in [3.05, 3.63) is 57.0 Å². The summed E-state index contributed by atoms with van der Waals surface area (Å²) in [7, 11) is 0. The maximum Gasteiger partial charge on any atom is 0.418 e. The normalized spacial score (nSPS) is 20.6. The van der Waals surface area contributed by atoms with Gasteiger partial charge in [-0.05, 0) is 48.4 Å². The summed E-state index contributed by atoms with van der Waals surface area (Å²) >= 11 is 1.62. The van der Waals surface area contributed by atoms with Gasteiger partial charge in [0.25, 0.3) is 5.69 Å². The minimum Gasteiger partial charge on any atom is -0.454 e. The molecule has 2 saturated heterocycles. The monoisotopic (exact) mass is 572 g/mol. The van der Waals surface area contributed by atoms with Gasteiger partial charge in [-0.3, -0.25) is 14.9 Å². The highest BCUT2D eigenvalue weighted by Gasteiger charge is 2.51. The first-order chi connectivity index (χ1) is 19.3. The van der Waals surface area contributed by atoms with Crippen molar-refractivity contribution in [3.8, 4) is 17.2 Å². The number of carbonyl (C=O) groups is 3. The van der Waals surface area contributed by atoms with Crippen molar-refractivity contribution < 1.29 is 38.3 Å². The molecule has 3 unspecified atom stereocenters. The number of esters is 1. The molecule has 3 aliphatic rings. The number of nitrogens with zero attached hydrogens (tertiary/aromatic N) is 3. The van der Waals surface area contributed by atoms with Gasteiger partial charge in [0.2, 0.25) is 6.79 Å². The predicted octanol–water partition coefficient (Wildman–Crippen LogP) is 4.40. The summed E-state index contributed by atoms with van der Waals surface area (Å²) in [5.41, 5.74) is 0.0758. The number of unbranched alkanes of at least 4 members (excludes halogenated alkanes) is 1. The summed E-state index contributed by atoms with van der Waals surface area (Å²) in [5, 5.41) is 17.1. The zero-order valence-corrected chi connectivity index (χ0v) is 21.8. The Bertz CT molecular complexity index is 1340. The first-order valence-corrected chi connectivity index (χ1v) is 13.5. The van der Waals surface area contributed by atoms with Crippen molar-refractivity contribution >= 4 is 41.2 Å². The molecule has 2 aromatic rings. The van der Waals surface area contributed by atoms with E-state index in [4.69, 9.17) is 18.9 Å². The number of hydrogen-bond donors (Lipinski definition) is 1. The third kappa shape index (κ3) is 5.78. The van der Waals surface area contributed by atoms with E-state index in [9.17, 15) is 29.4 Å². The topological polar surface area (TPSA) is 176 Å². The average molecular weight is 573 g/mol. The van der Waals surface area contributed by atoms with Gasteiger partial charge in [0.1, 0.15) is 18.0 Å². The van der Waals surface area contributed by atoms with E-state index in [1.54, 1.807) is 11.8 Å². The first kappa shape index (κ1) is 27.2. The lowest BCUT2D eigenvalue weighted by molar-refractivity contribution is -0.385. The molecular weight excluding hydrogens is 548 g/mol. The second-order valence-corrected chi connectivity index (χ2v) is 10.5. The van der Waals surface area contributed by atoms with E-state index in [0.717, 1.165) is 4.90 Å². The zero-order valence-electron chi connectivity index (χ0n) is 21.0. The van der Waals surface area contributed by atoms with Crippen molar-refractivity contribution in [2.75, 3.05) is 12.5 Å². The standard InChI is InChI=1S/C25H24N4O10S/c30-22(39-16-7-5-15(27-33)6-8-16)4-2-1-3-21-23-18(12-40-21)28(24(31)26-23)25(32)36-11-14-9-19-20(38-13-37-19)10-17(14)29(34)35/h5-10,18,21,23H,1-4,11-13H2,(H,26,31). The highest BCUT2D eigenvalue weighted by molar-refractivity contribution is 8.00. The number of rotatable bonds is 10. The average Bonchev–Trinajstić information content (AvgIpc) is 3.64. The number of ether oxygens (including phenoxy) is 4. The van der Waals surface area contributed by atoms with Crippen LogP contribution in [-0.2, 0) is 16.1 Å². The van der Waals surface area contributed by atoms with E-state index < -0.39 is 35.7 Å². The molecule has 0 aliphatic carbocycles. The van der Waals surface area contributed by atoms with Crippen LogP contribution in [0.3, 0.4) is 0 Å². The van der Waals surface area contributed by atoms with E-state index in [1.165, 1.54) is 36.4 Å². The molecule has 210 valence electrons. The van der Waals surface area contributed by atoms with Gasteiger partial charge < -0.3 is 24.3 Å². The molecule has 1 N–H and O–H groups in total. The van der Waals surface area contributed by atoms with E-state index in [0.29, 0.717) is 36.5 Å². The molecule has 14 nitrogen and oxygen atoms in total. The van der Waals surface area contributed by atoms with Gasteiger partial charge in [0.05, 0.1) is 28.6 Å². The molecule has 2 aromatic carbocycles. The molecular formula is C25H24N4O10S. The van der Waals surface area contributed by atoms with Crippen LogP contribution in [0, 0.1) is 15.0 Å². The lowest BCUT2D eigenvalue weighted by atomic mass is 10.0. The number of imide groups is 1. The third-order valence-corrected chi connectivity index (χ3v) is 8.24. The number of carbonyl (C=O) groups excluding carboxylic acids is 3. The van der Waals surface area contributed by atoms with Crippen molar-refractivity contribution in [2.24, 2.45) is 5.18 Å². The summed E-state index contributed by atoms with van der Waals surface area (Å²) in [6.45, 7) is -0.483. The van der Waals surface area contributed by atoms with Crippen molar-refractivity contribution in [3.63, 3.8) is 0 Å². The molecule has 3 atom stereocenters. The summed E-state index contributed by atoms with van der Waals surface area (Å²) in [6, 6.07) is 7.24. The molecule has 3 amide bonds. The van der Waals surface area contributed by atoms with Gasteiger partial charge in [0, 0.05) is 17.4 Å². The maximum atomic E-state index is 12.9. The third-order valence-electron chi connectivity index (χ3n) is 6.75. The fourth-order valence-corrected chi connectivity index (χ4v) is 6.38. The number of nitroso groups, excluding NO2 is 1. The smallest absolute Gasteiger partial charge is 0.418 e. The molecule has 2 fully saturated rings. The zero-order chi connectivity index (χ0) is 28.2. The minimum atomic E-state index is -0.891. The largest absolute Gasteiger partial charge is 0.454 e. The van der Waals surface area contributed by atoms with Crippen LogP contribution < -0.4 is 19.5 Å². The molecule has 0 spiro atoms. The van der Waals surface area contributed by atoms with Crippen LogP contribution in [0.4, 0.5) is 21.0 Å². The maximum absolute atomic E-state index is 12.9. The molecule has 0 bridgehead atoms. The molecule has 15 heteroatoms. The van der Waals surface area contributed by atoms with Crippen molar-refractivity contribution in [1.82, 2.24) is 10.2 Å². The summed E-state index contributed by atoms with van der Waals surface area (Å²) in [4.78, 5) is 59.9. The number of urea groups is 1. The van der Waals surface area contributed by atoms with Crippen LogP contribution in [0.2, 0.25) is 0 Å². The van der Waals surface area contributed by atoms with Gasteiger partial charge in [-0.1, -0.05) is 6.42 Å². The molecule has 3 aliphatic heterocycles. The number of nitro benzene ring substituents is 1. The van der Waals surface area contributed by atoms with Gasteiger partial charge >= 0.3 is 18.1 Å². The summed E-state index contributed by atoms with van der Waals surface area (Å²) < 4.78 is 21.0. The minimum absolute atomic E-state index is 0.0427. The van der Waals surface area contributed by atoms with Crippen LogP contribution in [0.15, 0.2) is 41.6 Å². The predicted molar refractivity (Wildman–Crippen MR) is 140 cm³/mol. The van der Waals surface area contributed by atoms with Crippen molar-refractivity contribution in [2.45, 2.75) is 49.6 Å². The summed E-state index contributed by atoms with van der Waals surface area (Å²) in [5.74, 6) is 0.998. The Morgan fingerprint density at radius 2 is 1.93 bits per heavy atom. The van der Waals surface area contributed by atoms with Crippen LogP contribution in [0.1, 0.15) is 31.2 Å². The molecule has 40 heavy (non-hydrogen) atoms. The van der Waals surface area contributed by atoms with E-state index in [-0.39, 0.29) is 47.2 Å². The van der Waals surface area contributed by atoms with Crippen LogP contribution in [0.25, 0.3) is 0 Å². The first-order valence-electron chi connectivity index (χ1n) is 12.4. The number of nitrogens with one attached hydrogen (secondary N) is 1.